The molecule has 0 aliphatic carbocycles. The summed E-state index contributed by atoms with van der Waals surface area (Å²) in [4.78, 5) is 10.9. The highest BCUT2D eigenvalue weighted by Crippen LogP contribution is 2.10. The first kappa shape index (κ1) is 11.3. The van der Waals surface area contributed by atoms with Gasteiger partial charge in [0.2, 0.25) is 5.91 Å². The van der Waals surface area contributed by atoms with Crippen LogP contribution in [0.3, 0.4) is 0 Å². The lowest BCUT2D eigenvalue weighted by molar-refractivity contribution is -0.116. The van der Waals surface area contributed by atoms with E-state index in [2.05, 4.69) is 31.4 Å². The average molecular weight is 298 g/mol. The van der Waals surface area contributed by atoms with Crippen LogP contribution in [0.15, 0.2) is 38.9 Å². The topological polar surface area (TPSA) is 53.8 Å². The molecule has 1 fully saturated rings. The van der Waals surface area contributed by atoms with Crippen LogP contribution in [0.2, 0.25) is 0 Å². The monoisotopic (exact) mass is 297 g/mol. The van der Waals surface area contributed by atoms with Gasteiger partial charge in [0, 0.05) is 4.47 Å². The zero-order chi connectivity index (χ0) is 11.4. The number of benzene rings is 1. The molecule has 1 amide bonds. The van der Waals surface area contributed by atoms with E-state index < -0.39 is 0 Å². The number of thioether (sulfide) groups is 1. The maximum absolute atomic E-state index is 10.9. The highest BCUT2D eigenvalue weighted by atomic mass is 79.9. The molecule has 0 unspecified atom stereocenters. The van der Waals surface area contributed by atoms with Crippen LogP contribution in [-0.2, 0) is 4.79 Å². The molecule has 16 heavy (non-hydrogen) atoms. The lowest BCUT2D eigenvalue weighted by atomic mass is 10.2. The molecule has 2 rings (SSSR count). The van der Waals surface area contributed by atoms with Gasteiger partial charge in [0.05, 0.1) is 12.0 Å². The van der Waals surface area contributed by atoms with E-state index >= 15 is 0 Å². The Balaban J connectivity index is 1.99. The van der Waals surface area contributed by atoms with E-state index in [0.717, 1.165) is 10.0 Å². The minimum absolute atomic E-state index is 0.0254. The largest absolute Gasteiger partial charge is 0.303 e. The second-order valence-electron chi connectivity index (χ2n) is 3.04. The summed E-state index contributed by atoms with van der Waals surface area (Å²) >= 11 is 4.71. The van der Waals surface area contributed by atoms with Crippen LogP contribution in [0.1, 0.15) is 5.56 Å². The van der Waals surface area contributed by atoms with Crippen LogP contribution in [-0.4, -0.2) is 23.0 Å². The Morgan fingerprint density at radius 3 is 2.75 bits per heavy atom. The second kappa shape index (κ2) is 5.27. The molecule has 0 atom stereocenters. The van der Waals surface area contributed by atoms with E-state index in [1.807, 2.05) is 24.3 Å². The van der Waals surface area contributed by atoms with Gasteiger partial charge in [-0.05, 0) is 17.7 Å². The molecule has 6 heteroatoms. The van der Waals surface area contributed by atoms with Crippen molar-refractivity contribution in [2.24, 2.45) is 10.2 Å². The quantitative estimate of drug-likeness (QED) is 0.670. The Bertz CT molecular complexity index is 456. The highest BCUT2D eigenvalue weighted by Gasteiger charge is 2.15. The maximum atomic E-state index is 10.9. The first-order valence-electron chi connectivity index (χ1n) is 4.53. The van der Waals surface area contributed by atoms with Gasteiger partial charge in [0.25, 0.3) is 0 Å². The molecule has 1 aliphatic rings. The molecule has 0 bridgehead atoms. The molecular weight excluding hydrogens is 290 g/mol. The number of halogens is 1. The number of carbonyl (C=O) groups is 1. The third kappa shape index (κ3) is 3.18. The highest BCUT2D eigenvalue weighted by molar-refractivity contribution is 9.10. The molecule has 1 aromatic carbocycles. The average Bonchev–Trinajstić information content (AvgIpc) is 2.67. The third-order valence-electron chi connectivity index (χ3n) is 1.81. The SMILES string of the molecule is O=C1CSC(=NN=Cc2ccc(Br)cc2)N1. The molecule has 1 N–H and O–H groups in total. The van der Waals surface area contributed by atoms with Crippen LogP contribution < -0.4 is 5.32 Å². The fraction of sp³-hybridized carbons (Fsp3) is 0.100. The molecule has 1 heterocycles. The Labute approximate surface area is 105 Å². The van der Waals surface area contributed by atoms with Gasteiger partial charge in [-0.25, -0.2) is 0 Å². The van der Waals surface area contributed by atoms with Gasteiger partial charge in [-0.1, -0.05) is 39.8 Å². The molecule has 4 nitrogen and oxygen atoms in total. The number of hydrogen-bond acceptors (Lipinski definition) is 4. The Morgan fingerprint density at radius 2 is 2.12 bits per heavy atom. The number of nitrogens with one attached hydrogen (secondary N) is 1. The number of amides is 1. The summed E-state index contributed by atoms with van der Waals surface area (Å²) in [6.07, 6.45) is 1.64. The summed E-state index contributed by atoms with van der Waals surface area (Å²) < 4.78 is 1.02. The van der Waals surface area contributed by atoms with Gasteiger partial charge in [0.15, 0.2) is 5.17 Å². The van der Waals surface area contributed by atoms with Gasteiger partial charge in [-0.3, -0.25) is 4.79 Å². The summed E-state index contributed by atoms with van der Waals surface area (Å²) in [6, 6.07) is 7.71. The van der Waals surface area contributed by atoms with Crippen LogP contribution in [0.4, 0.5) is 0 Å². The fourth-order valence-corrected chi connectivity index (χ4v) is 1.97. The lowest BCUT2D eigenvalue weighted by Gasteiger charge is -1.92. The fourth-order valence-electron chi connectivity index (χ4n) is 1.08. The van der Waals surface area contributed by atoms with Crippen molar-refractivity contribution >= 4 is 45.0 Å². The number of rotatable bonds is 2. The Hall–Kier alpha value is -1.14. The summed E-state index contributed by atoms with van der Waals surface area (Å²) in [6.45, 7) is 0. The number of carbonyl (C=O) groups excluding carboxylic acids is 1. The van der Waals surface area contributed by atoms with Gasteiger partial charge >= 0.3 is 0 Å². The molecule has 0 aromatic heterocycles. The zero-order valence-corrected chi connectivity index (χ0v) is 10.6. The zero-order valence-electron chi connectivity index (χ0n) is 8.18. The minimum atomic E-state index is -0.0254. The number of amidine groups is 1. The van der Waals surface area contributed by atoms with Crippen molar-refractivity contribution in [1.29, 1.82) is 0 Å². The van der Waals surface area contributed by atoms with E-state index in [1.165, 1.54) is 11.8 Å². The first-order valence-corrected chi connectivity index (χ1v) is 6.31. The Morgan fingerprint density at radius 1 is 1.38 bits per heavy atom. The van der Waals surface area contributed by atoms with E-state index in [-0.39, 0.29) is 5.91 Å². The summed E-state index contributed by atoms with van der Waals surface area (Å²) in [7, 11) is 0. The number of nitrogens with zero attached hydrogens (tertiary/aromatic N) is 2. The van der Waals surface area contributed by atoms with Crippen molar-refractivity contribution in [1.82, 2.24) is 5.32 Å². The molecule has 0 radical (unpaired) electrons. The summed E-state index contributed by atoms with van der Waals surface area (Å²) in [5.41, 5.74) is 0.960. The number of hydrogen-bond donors (Lipinski definition) is 1. The second-order valence-corrected chi connectivity index (χ2v) is 4.92. The van der Waals surface area contributed by atoms with Gasteiger partial charge in [-0.15, -0.1) is 5.10 Å². The standard InChI is InChI=1S/C10H8BrN3OS/c11-8-3-1-7(2-4-8)5-12-14-10-13-9(15)6-16-10/h1-5H,6H2,(H,13,14,15). The van der Waals surface area contributed by atoms with Crippen LogP contribution in [0.25, 0.3) is 0 Å². The van der Waals surface area contributed by atoms with Crippen LogP contribution in [0.5, 0.6) is 0 Å². The van der Waals surface area contributed by atoms with Crippen LogP contribution >= 0.6 is 27.7 Å². The van der Waals surface area contributed by atoms with Gasteiger partial charge in [0.1, 0.15) is 0 Å². The molecular formula is C10H8BrN3OS. The van der Waals surface area contributed by atoms with Gasteiger partial charge < -0.3 is 5.32 Å². The van der Waals surface area contributed by atoms with Crippen molar-refractivity contribution in [3.05, 3.63) is 34.3 Å². The van der Waals surface area contributed by atoms with Crippen molar-refractivity contribution < 1.29 is 4.79 Å². The summed E-state index contributed by atoms with van der Waals surface area (Å²) in [5.74, 6) is 0.398. The lowest BCUT2D eigenvalue weighted by Crippen LogP contribution is -2.19. The summed E-state index contributed by atoms with van der Waals surface area (Å²) in [5, 5.41) is 11.0. The molecule has 1 aliphatic heterocycles. The van der Waals surface area contributed by atoms with Crippen molar-refractivity contribution in [3.8, 4) is 0 Å². The Kier molecular flexibility index (Phi) is 3.74. The third-order valence-corrected chi connectivity index (χ3v) is 3.20. The minimum Gasteiger partial charge on any atom is -0.303 e. The molecule has 82 valence electrons. The van der Waals surface area contributed by atoms with Crippen LogP contribution in [0, 0.1) is 0 Å². The molecule has 1 saturated heterocycles. The predicted octanol–water partition coefficient (Wildman–Crippen LogP) is 2.00. The normalized spacial score (nSPS) is 18.3. The van der Waals surface area contributed by atoms with E-state index in [4.69, 9.17) is 0 Å². The molecule has 0 saturated carbocycles. The smallest absolute Gasteiger partial charge is 0.236 e. The van der Waals surface area contributed by atoms with Crippen molar-refractivity contribution in [3.63, 3.8) is 0 Å². The van der Waals surface area contributed by atoms with Gasteiger partial charge in [-0.2, -0.15) is 5.10 Å². The predicted molar refractivity (Wildman–Crippen MR) is 69.8 cm³/mol. The van der Waals surface area contributed by atoms with Crippen molar-refractivity contribution in [2.45, 2.75) is 0 Å². The van der Waals surface area contributed by atoms with E-state index in [9.17, 15) is 4.79 Å². The van der Waals surface area contributed by atoms with E-state index in [0.29, 0.717) is 10.9 Å². The van der Waals surface area contributed by atoms with E-state index in [1.54, 1.807) is 6.21 Å². The van der Waals surface area contributed by atoms with Crippen molar-refractivity contribution in [2.75, 3.05) is 5.75 Å². The maximum Gasteiger partial charge on any atom is 0.236 e. The molecule has 0 spiro atoms. The molecule has 1 aromatic rings. The first-order chi connectivity index (χ1) is 7.74.